The maximum Gasteiger partial charge on any atom is 0.317 e. The fourth-order valence-electron chi connectivity index (χ4n) is 1.71. The van der Waals surface area contributed by atoms with Gasteiger partial charge in [-0.25, -0.2) is 0 Å². The van der Waals surface area contributed by atoms with E-state index in [9.17, 15) is 4.79 Å². The van der Waals surface area contributed by atoms with Gasteiger partial charge in [-0.1, -0.05) is 6.92 Å². The number of hydrogen-bond acceptors (Lipinski definition) is 3. The van der Waals surface area contributed by atoms with E-state index in [4.69, 9.17) is 5.11 Å². The van der Waals surface area contributed by atoms with Gasteiger partial charge in [0.25, 0.3) is 0 Å². The topological polar surface area (TPSA) is 53.4 Å². The van der Waals surface area contributed by atoms with Crippen molar-refractivity contribution in [3.05, 3.63) is 30.1 Å². The highest BCUT2D eigenvalue weighted by atomic mass is 16.4. The van der Waals surface area contributed by atoms with Gasteiger partial charge < -0.3 is 5.11 Å². The van der Waals surface area contributed by atoms with Crippen LogP contribution in [-0.4, -0.2) is 40.1 Å². The summed E-state index contributed by atoms with van der Waals surface area (Å²) in [6.45, 7) is 5.02. The monoisotopic (exact) mass is 236 g/mol. The fourth-order valence-corrected chi connectivity index (χ4v) is 1.71. The average Bonchev–Trinajstić information content (AvgIpc) is 2.34. The Kier molecular flexibility index (Phi) is 5.63. The molecule has 0 amide bonds. The molecule has 17 heavy (non-hydrogen) atoms. The van der Waals surface area contributed by atoms with Crippen LogP contribution in [0.15, 0.2) is 24.5 Å². The molecule has 4 heteroatoms. The Bertz CT molecular complexity index is 341. The van der Waals surface area contributed by atoms with Crippen LogP contribution in [0.3, 0.4) is 0 Å². The van der Waals surface area contributed by atoms with Crippen LogP contribution in [0.1, 0.15) is 25.8 Å². The molecule has 0 spiro atoms. The normalized spacial score (nSPS) is 12.6. The van der Waals surface area contributed by atoms with Gasteiger partial charge in [0.2, 0.25) is 0 Å². The van der Waals surface area contributed by atoms with Gasteiger partial charge in [0.05, 0.1) is 6.54 Å². The molecule has 0 aliphatic rings. The van der Waals surface area contributed by atoms with E-state index in [-0.39, 0.29) is 6.54 Å². The van der Waals surface area contributed by atoms with Crippen molar-refractivity contribution in [3.8, 4) is 0 Å². The minimum atomic E-state index is -0.764. The van der Waals surface area contributed by atoms with Gasteiger partial charge in [0.15, 0.2) is 0 Å². The lowest BCUT2D eigenvalue weighted by Gasteiger charge is -2.26. The number of rotatable bonds is 7. The van der Waals surface area contributed by atoms with Crippen LogP contribution < -0.4 is 0 Å². The van der Waals surface area contributed by atoms with Gasteiger partial charge >= 0.3 is 5.97 Å². The van der Waals surface area contributed by atoms with Crippen LogP contribution in [0.5, 0.6) is 0 Å². The molecule has 4 nitrogen and oxygen atoms in total. The molecule has 0 aromatic carbocycles. The van der Waals surface area contributed by atoms with Gasteiger partial charge in [-0.05, 0) is 37.5 Å². The van der Waals surface area contributed by atoms with Crippen molar-refractivity contribution < 1.29 is 9.90 Å². The molecule has 0 saturated heterocycles. The summed E-state index contributed by atoms with van der Waals surface area (Å²) >= 11 is 0. The SMILES string of the molecule is CCC(C)N(CCc1ccncc1)CC(=O)O. The fraction of sp³-hybridized carbons (Fsp3) is 0.538. The molecule has 1 rings (SSSR count). The van der Waals surface area contributed by atoms with E-state index in [1.165, 1.54) is 5.56 Å². The van der Waals surface area contributed by atoms with Crippen LogP contribution in [0, 0.1) is 0 Å². The maximum absolute atomic E-state index is 10.8. The number of carboxylic acids is 1. The molecule has 1 aromatic heterocycles. The summed E-state index contributed by atoms with van der Waals surface area (Å²) < 4.78 is 0. The zero-order valence-electron chi connectivity index (χ0n) is 10.5. The van der Waals surface area contributed by atoms with Crippen LogP contribution in [0.25, 0.3) is 0 Å². The number of carboxylic acid groups (broad SMARTS) is 1. The van der Waals surface area contributed by atoms with E-state index in [2.05, 4.69) is 18.8 Å². The third-order valence-electron chi connectivity index (χ3n) is 2.99. The van der Waals surface area contributed by atoms with E-state index >= 15 is 0 Å². The maximum atomic E-state index is 10.8. The molecule has 0 aliphatic heterocycles. The Morgan fingerprint density at radius 3 is 2.65 bits per heavy atom. The summed E-state index contributed by atoms with van der Waals surface area (Å²) in [7, 11) is 0. The number of carbonyl (C=O) groups is 1. The smallest absolute Gasteiger partial charge is 0.317 e. The van der Waals surface area contributed by atoms with Crippen molar-refractivity contribution in [1.29, 1.82) is 0 Å². The van der Waals surface area contributed by atoms with Gasteiger partial charge in [0.1, 0.15) is 0 Å². The highest BCUT2D eigenvalue weighted by Crippen LogP contribution is 2.06. The van der Waals surface area contributed by atoms with Gasteiger partial charge in [0, 0.05) is 25.0 Å². The number of pyridine rings is 1. The Hall–Kier alpha value is -1.42. The highest BCUT2D eigenvalue weighted by Gasteiger charge is 2.14. The van der Waals surface area contributed by atoms with Crippen LogP contribution >= 0.6 is 0 Å². The third-order valence-corrected chi connectivity index (χ3v) is 2.99. The number of nitrogens with zero attached hydrogens (tertiary/aromatic N) is 2. The summed E-state index contributed by atoms with van der Waals surface area (Å²) in [6.07, 6.45) is 5.35. The first-order valence-corrected chi connectivity index (χ1v) is 5.98. The van der Waals surface area contributed by atoms with Crippen LogP contribution in [0.4, 0.5) is 0 Å². The minimum Gasteiger partial charge on any atom is -0.480 e. The highest BCUT2D eigenvalue weighted by molar-refractivity contribution is 5.69. The summed E-state index contributed by atoms with van der Waals surface area (Å²) in [5.41, 5.74) is 1.19. The van der Waals surface area contributed by atoms with Crippen molar-refractivity contribution in [1.82, 2.24) is 9.88 Å². The van der Waals surface area contributed by atoms with Gasteiger partial charge in [-0.3, -0.25) is 14.7 Å². The molecule has 0 saturated carbocycles. The average molecular weight is 236 g/mol. The molecule has 1 N–H and O–H groups in total. The van der Waals surface area contributed by atoms with Crippen LogP contribution in [-0.2, 0) is 11.2 Å². The second-order valence-corrected chi connectivity index (χ2v) is 4.23. The lowest BCUT2D eigenvalue weighted by atomic mass is 10.1. The quantitative estimate of drug-likeness (QED) is 0.784. The molecule has 1 heterocycles. The molecular formula is C13H20N2O2. The van der Waals surface area contributed by atoms with Crippen molar-refractivity contribution in [2.24, 2.45) is 0 Å². The Labute approximate surface area is 102 Å². The first-order chi connectivity index (χ1) is 8.13. The number of aromatic nitrogens is 1. The van der Waals surface area contributed by atoms with E-state index in [1.54, 1.807) is 12.4 Å². The summed E-state index contributed by atoms with van der Waals surface area (Å²) in [5, 5.41) is 8.87. The minimum absolute atomic E-state index is 0.111. The number of aliphatic carboxylic acids is 1. The van der Waals surface area contributed by atoms with Gasteiger partial charge in [-0.2, -0.15) is 0 Å². The lowest BCUT2D eigenvalue weighted by Crippen LogP contribution is -2.38. The molecule has 1 aromatic rings. The third kappa shape index (κ3) is 4.95. The summed E-state index contributed by atoms with van der Waals surface area (Å²) in [5.74, 6) is -0.764. The van der Waals surface area contributed by atoms with Crippen molar-refractivity contribution in [2.75, 3.05) is 13.1 Å². The predicted molar refractivity (Wildman–Crippen MR) is 66.9 cm³/mol. The van der Waals surface area contributed by atoms with Crippen LogP contribution in [0.2, 0.25) is 0 Å². The standard InChI is InChI=1S/C13H20N2O2/c1-3-11(2)15(10-13(16)17)9-6-12-4-7-14-8-5-12/h4-5,7-8,11H,3,6,9-10H2,1-2H3,(H,16,17). The second-order valence-electron chi connectivity index (χ2n) is 4.23. The zero-order chi connectivity index (χ0) is 12.7. The molecule has 0 bridgehead atoms. The molecular weight excluding hydrogens is 216 g/mol. The predicted octanol–water partition coefficient (Wildman–Crippen LogP) is 1.81. The molecule has 0 aliphatic carbocycles. The Balaban J connectivity index is 2.51. The molecule has 0 radical (unpaired) electrons. The van der Waals surface area contributed by atoms with Gasteiger partial charge in [-0.15, -0.1) is 0 Å². The zero-order valence-corrected chi connectivity index (χ0v) is 10.5. The molecule has 0 fully saturated rings. The van der Waals surface area contributed by atoms with E-state index in [1.807, 2.05) is 17.0 Å². The number of hydrogen-bond donors (Lipinski definition) is 1. The van der Waals surface area contributed by atoms with E-state index in [0.29, 0.717) is 6.04 Å². The lowest BCUT2D eigenvalue weighted by molar-refractivity contribution is -0.138. The first-order valence-electron chi connectivity index (χ1n) is 5.98. The summed E-state index contributed by atoms with van der Waals surface area (Å²) in [6, 6.07) is 4.23. The first kappa shape index (κ1) is 13.6. The van der Waals surface area contributed by atoms with Crippen molar-refractivity contribution in [3.63, 3.8) is 0 Å². The second kappa shape index (κ2) is 7.01. The molecule has 1 unspecified atom stereocenters. The largest absolute Gasteiger partial charge is 0.480 e. The van der Waals surface area contributed by atoms with Crippen molar-refractivity contribution >= 4 is 5.97 Å². The van der Waals surface area contributed by atoms with E-state index < -0.39 is 5.97 Å². The van der Waals surface area contributed by atoms with Crippen molar-refractivity contribution in [2.45, 2.75) is 32.7 Å². The Morgan fingerprint density at radius 1 is 1.47 bits per heavy atom. The molecule has 94 valence electrons. The summed E-state index contributed by atoms with van der Waals surface area (Å²) in [4.78, 5) is 16.8. The van der Waals surface area contributed by atoms with E-state index in [0.717, 1.165) is 19.4 Å². The molecule has 1 atom stereocenters. The Morgan fingerprint density at radius 2 is 2.12 bits per heavy atom.